The molecule has 20 heavy (non-hydrogen) atoms. The Morgan fingerprint density at radius 3 is 1.70 bits per heavy atom. The van der Waals surface area contributed by atoms with Gasteiger partial charge in [0.05, 0.1) is 4.90 Å². The normalized spacial score (nSPS) is 11.6. The number of thiophene rings is 1. The SMILES string of the molecule is O=S(=O)(Cl)c1ccc(Cl)cc1.O=S(=O)(Cl)c1cccs1. The van der Waals surface area contributed by atoms with Gasteiger partial charge in [-0.15, -0.1) is 11.3 Å². The third-order valence-corrected chi connectivity index (χ3v) is 6.45. The lowest BCUT2D eigenvalue weighted by molar-refractivity contribution is 0.608. The summed E-state index contributed by atoms with van der Waals surface area (Å²) in [6, 6.07) is 8.75. The Morgan fingerprint density at radius 1 is 0.850 bits per heavy atom. The van der Waals surface area contributed by atoms with E-state index in [2.05, 4.69) is 0 Å². The maximum atomic E-state index is 10.7. The van der Waals surface area contributed by atoms with Gasteiger partial charge in [0.2, 0.25) is 0 Å². The van der Waals surface area contributed by atoms with Crippen LogP contribution in [0.5, 0.6) is 0 Å². The van der Waals surface area contributed by atoms with E-state index in [4.69, 9.17) is 33.0 Å². The largest absolute Gasteiger partial charge is 0.270 e. The van der Waals surface area contributed by atoms with E-state index in [0.29, 0.717) is 5.02 Å². The van der Waals surface area contributed by atoms with Gasteiger partial charge in [-0.25, -0.2) is 16.8 Å². The second kappa shape index (κ2) is 7.11. The highest BCUT2D eigenvalue weighted by Gasteiger charge is 2.09. The highest BCUT2D eigenvalue weighted by atomic mass is 35.7. The molecule has 0 spiro atoms. The van der Waals surface area contributed by atoms with Crippen molar-refractivity contribution >= 4 is 62.4 Å². The molecule has 0 bridgehead atoms. The maximum absolute atomic E-state index is 10.7. The molecule has 0 radical (unpaired) electrons. The van der Waals surface area contributed by atoms with E-state index in [0.717, 1.165) is 11.3 Å². The van der Waals surface area contributed by atoms with Crippen LogP contribution in [0.2, 0.25) is 5.02 Å². The predicted molar refractivity (Wildman–Crippen MR) is 81.8 cm³/mol. The smallest absolute Gasteiger partial charge is 0.207 e. The molecule has 0 saturated heterocycles. The molecule has 0 atom stereocenters. The van der Waals surface area contributed by atoms with Crippen LogP contribution < -0.4 is 0 Å². The summed E-state index contributed by atoms with van der Waals surface area (Å²) < 4.78 is 42.5. The first-order chi connectivity index (χ1) is 9.10. The van der Waals surface area contributed by atoms with Gasteiger partial charge in [0.25, 0.3) is 18.1 Å². The van der Waals surface area contributed by atoms with Crippen LogP contribution in [0.25, 0.3) is 0 Å². The highest BCUT2D eigenvalue weighted by Crippen LogP contribution is 2.19. The maximum Gasteiger partial charge on any atom is 0.270 e. The van der Waals surface area contributed by atoms with E-state index in [9.17, 15) is 16.8 Å². The van der Waals surface area contributed by atoms with Gasteiger partial charge < -0.3 is 0 Å². The first-order valence-electron chi connectivity index (χ1n) is 4.79. The Balaban J connectivity index is 0.000000204. The van der Waals surface area contributed by atoms with Gasteiger partial charge in [-0.3, -0.25) is 0 Å². The summed E-state index contributed by atoms with van der Waals surface area (Å²) in [5, 5.41) is 2.14. The molecule has 0 aliphatic carbocycles. The van der Waals surface area contributed by atoms with Gasteiger partial charge in [-0.1, -0.05) is 17.7 Å². The third-order valence-electron chi connectivity index (χ3n) is 1.83. The van der Waals surface area contributed by atoms with E-state index in [-0.39, 0.29) is 9.10 Å². The molecular formula is C10H7Cl3O4S3. The molecule has 1 heterocycles. The molecule has 4 nitrogen and oxygen atoms in total. The molecule has 0 aliphatic heterocycles. The van der Waals surface area contributed by atoms with Crippen molar-refractivity contribution in [1.29, 1.82) is 0 Å². The van der Waals surface area contributed by atoms with Crippen molar-refractivity contribution in [3.63, 3.8) is 0 Å². The lowest BCUT2D eigenvalue weighted by Gasteiger charge is -1.93. The molecule has 10 heteroatoms. The zero-order valence-electron chi connectivity index (χ0n) is 9.53. The molecule has 2 aromatic rings. The molecule has 1 aromatic carbocycles. The minimum atomic E-state index is -3.61. The standard InChI is InChI=1S/C6H4Cl2O2S.C4H3ClO2S2/c7-5-1-3-6(4-2-5)11(8,9)10;5-9(6,7)4-2-1-3-8-4/h1-4H;1-3H. The number of benzene rings is 1. The fraction of sp³-hybridized carbons (Fsp3) is 0. The number of hydrogen-bond acceptors (Lipinski definition) is 5. The van der Waals surface area contributed by atoms with E-state index in [1.165, 1.54) is 30.3 Å². The second-order valence-electron chi connectivity index (χ2n) is 3.26. The minimum Gasteiger partial charge on any atom is -0.207 e. The molecule has 1 aromatic heterocycles. The van der Waals surface area contributed by atoms with Crippen LogP contribution in [0.3, 0.4) is 0 Å². The van der Waals surface area contributed by atoms with Crippen molar-refractivity contribution in [3.8, 4) is 0 Å². The van der Waals surface area contributed by atoms with Crippen molar-refractivity contribution in [3.05, 3.63) is 46.8 Å². The van der Waals surface area contributed by atoms with Crippen LogP contribution >= 0.6 is 44.3 Å². The van der Waals surface area contributed by atoms with Crippen LogP contribution in [0, 0.1) is 0 Å². The van der Waals surface area contributed by atoms with E-state index >= 15 is 0 Å². The van der Waals surface area contributed by atoms with Crippen LogP contribution in [0.4, 0.5) is 0 Å². The Morgan fingerprint density at radius 2 is 1.40 bits per heavy atom. The van der Waals surface area contributed by atoms with Crippen molar-refractivity contribution < 1.29 is 16.8 Å². The summed E-state index contributed by atoms with van der Waals surface area (Å²) in [4.78, 5) is 0.0589. The highest BCUT2D eigenvalue weighted by molar-refractivity contribution is 8.15. The lowest BCUT2D eigenvalue weighted by atomic mass is 10.4. The van der Waals surface area contributed by atoms with Gasteiger partial charge in [0.15, 0.2) is 0 Å². The fourth-order valence-corrected chi connectivity index (χ4v) is 3.69. The number of hydrogen-bond donors (Lipinski definition) is 0. The molecule has 110 valence electrons. The zero-order valence-corrected chi connectivity index (χ0v) is 14.3. The van der Waals surface area contributed by atoms with Crippen LogP contribution in [-0.2, 0) is 18.1 Å². The molecule has 0 aliphatic rings. The Kier molecular flexibility index (Phi) is 6.30. The van der Waals surface area contributed by atoms with E-state index in [1.807, 2.05) is 0 Å². The fourth-order valence-electron chi connectivity index (χ4n) is 0.999. The summed E-state index contributed by atoms with van der Waals surface area (Å²) in [6.45, 7) is 0. The lowest BCUT2D eigenvalue weighted by Crippen LogP contribution is -1.88. The van der Waals surface area contributed by atoms with Gasteiger partial charge in [-0.2, -0.15) is 0 Å². The topological polar surface area (TPSA) is 68.3 Å². The van der Waals surface area contributed by atoms with Crippen LogP contribution in [-0.4, -0.2) is 16.8 Å². The second-order valence-corrected chi connectivity index (χ2v) is 10.0. The van der Waals surface area contributed by atoms with Crippen LogP contribution in [0.15, 0.2) is 50.9 Å². The van der Waals surface area contributed by atoms with E-state index < -0.39 is 18.1 Å². The molecule has 0 fully saturated rings. The first kappa shape index (κ1) is 17.7. The predicted octanol–water partition coefficient (Wildman–Crippen LogP) is 3.94. The van der Waals surface area contributed by atoms with E-state index in [1.54, 1.807) is 11.4 Å². The van der Waals surface area contributed by atoms with Crippen LogP contribution in [0.1, 0.15) is 0 Å². The Labute approximate surface area is 134 Å². The zero-order chi connectivity index (χ0) is 15.4. The number of rotatable bonds is 2. The Bertz CT molecular complexity index is 751. The average Bonchev–Trinajstić information content (AvgIpc) is 2.82. The van der Waals surface area contributed by atoms with Gasteiger partial charge in [-0.05, 0) is 35.7 Å². The molecule has 0 amide bonds. The minimum absolute atomic E-state index is 0.0589. The summed E-state index contributed by atoms with van der Waals surface area (Å²) >= 11 is 6.63. The Hall–Kier alpha value is -0.310. The molecule has 0 N–H and O–H groups in total. The summed E-state index contributed by atoms with van der Waals surface area (Å²) in [5.41, 5.74) is 0. The van der Waals surface area contributed by atoms with Crippen molar-refractivity contribution in [2.75, 3.05) is 0 Å². The van der Waals surface area contributed by atoms with Gasteiger partial charge in [0.1, 0.15) is 4.21 Å². The van der Waals surface area contributed by atoms with Gasteiger partial charge >= 0.3 is 0 Å². The molecular weight excluding hydrogens is 387 g/mol. The van der Waals surface area contributed by atoms with Crippen molar-refractivity contribution in [2.45, 2.75) is 9.10 Å². The molecule has 0 unspecified atom stereocenters. The quantitative estimate of drug-likeness (QED) is 0.725. The van der Waals surface area contributed by atoms with Crippen molar-refractivity contribution in [2.24, 2.45) is 0 Å². The first-order valence-corrected chi connectivity index (χ1v) is 10.7. The monoisotopic (exact) mass is 392 g/mol. The van der Waals surface area contributed by atoms with Crippen molar-refractivity contribution in [1.82, 2.24) is 0 Å². The third kappa shape index (κ3) is 5.99. The molecule has 0 saturated carbocycles. The van der Waals surface area contributed by atoms with Gasteiger partial charge in [0, 0.05) is 26.4 Å². The molecule has 2 rings (SSSR count). The number of halogens is 3. The average molecular weight is 394 g/mol. The summed E-state index contributed by atoms with van der Waals surface area (Å²) in [6.07, 6.45) is 0. The summed E-state index contributed by atoms with van der Waals surface area (Å²) in [7, 11) is 2.95. The summed E-state index contributed by atoms with van der Waals surface area (Å²) in [5.74, 6) is 0.